The Balaban J connectivity index is 1.75. The summed E-state index contributed by atoms with van der Waals surface area (Å²) in [7, 11) is -2.46. The number of sulfonamides is 1. The van der Waals surface area contributed by atoms with Crippen LogP contribution in [-0.4, -0.2) is 39.7 Å². The van der Waals surface area contributed by atoms with Gasteiger partial charge in [0.15, 0.2) is 0 Å². The van der Waals surface area contributed by atoms with Crippen LogP contribution in [0.1, 0.15) is 48.9 Å². The van der Waals surface area contributed by atoms with Gasteiger partial charge in [0, 0.05) is 0 Å². The van der Waals surface area contributed by atoms with Gasteiger partial charge in [-0.2, -0.15) is 0 Å². The van der Waals surface area contributed by atoms with E-state index in [-0.39, 0.29) is 28.0 Å². The first-order valence-electron chi connectivity index (χ1n) is 8.49. The molecule has 1 aliphatic carbocycles. The number of rotatable bonds is 4. The summed E-state index contributed by atoms with van der Waals surface area (Å²) in [6.07, 6.45) is 6.40. The molecule has 25 heavy (non-hydrogen) atoms. The summed E-state index contributed by atoms with van der Waals surface area (Å²) in [5, 5.41) is 8.09. The molecule has 7 nitrogen and oxygen atoms in total. The number of carbonyl (C=O) groups excluding carboxylic acids is 1. The molecule has 2 fully saturated rings. The second-order valence-electron chi connectivity index (χ2n) is 6.84. The minimum absolute atomic E-state index is 0.0894. The summed E-state index contributed by atoms with van der Waals surface area (Å²) in [5.74, 6) is -0.0833. The van der Waals surface area contributed by atoms with Crippen molar-refractivity contribution in [2.24, 2.45) is 5.14 Å². The largest absolute Gasteiger partial charge is 0.496 e. The van der Waals surface area contributed by atoms with Crippen LogP contribution in [-0.2, 0) is 14.8 Å². The third-order valence-corrected chi connectivity index (χ3v) is 5.96. The lowest BCUT2D eigenvalue weighted by Gasteiger charge is -2.32. The van der Waals surface area contributed by atoms with Gasteiger partial charge in [-0.05, 0) is 37.5 Å². The Kier molecular flexibility index (Phi) is 5.04. The highest BCUT2D eigenvalue weighted by Gasteiger charge is 2.41. The van der Waals surface area contributed by atoms with Gasteiger partial charge in [-0.1, -0.05) is 19.3 Å². The molecule has 1 aliphatic heterocycles. The number of benzene rings is 1. The van der Waals surface area contributed by atoms with Gasteiger partial charge < -0.3 is 14.8 Å². The van der Waals surface area contributed by atoms with Gasteiger partial charge in [-0.3, -0.25) is 4.79 Å². The third kappa shape index (κ3) is 3.96. The zero-order valence-corrected chi connectivity index (χ0v) is 15.1. The van der Waals surface area contributed by atoms with Gasteiger partial charge in [0.1, 0.15) is 5.75 Å². The first-order valence-corrected chi connectivity index (χ1v) is 10.0. The van der Waals surface area contributed by atoms with Crippen molar-refractivity contribution < 1.29 is 22.7 Å². The molecule has 1 saturated carbocycles. The Bertz CT molecular complexity index is 756. The number of ether oxygens (including phenoxy) is 2. The van der Waals surface area contributed by atoms with E-state index in [0.717, 1.165) is 32.1 Å². The molecule has 1 amide bonds. The van der Waals surface area contributed by atoms with Crippen LogP contribution in [0.4, 0.5) is 0 Å². The Labute approximate surface area is 147 Å². The van der Waals surface area contributed by atoms with Gasteiger partial charge in [0.05, 0.1) is 35.8 Å². The summed E-state index contributed by atoms with van der Waals surface area (Å²) in [4.78, 5) is 12.5. The standard InChI is InChI=1S/C17H24N2O5S/c1-23-15-6-5-13(25(18,21)22)9-14(15)16(20)19-12-10-17(24-11-12)7-3-2-4-8-17/h5-6,9,12H,2-4,7-8,10-11H2,1H3,(H,19,20)(H2,18,21,22)/t12-/m0/s1. The average Bonchev–Trinajstić information content (AvgIpc) is 2.96. The van der Waals surface area contributed by atoms with Gasteiger partial charge >= 0.3 is 0 Å². The Morgan fingerprint density at radius 2 is 2.04 bits per heavy atom. The molecule has 1 heterocycles. The van der Waals surface area contributed by atoms with Crippen LogP contribution in [0.15, 0.2) is 23.1 Å². The van der Waals surface area contributed by atoms with E-state index >= 15 is 0 Å². The number of hydrogen-bond donors (Lipinski definition) is 2. The van der Waals surface area contributed by atoms with Crippen molar-refractivity contribution in [1.29, 1.82) is 0 Å². The van der Waals surface area contributed by atoms with Crippen molar-refractivity contribution >= 4 is 15.9 Å². The molecule has 0 radical (unpaired) electrons. The van der Waals surface area contributed by atoms with E-state index in [1.54, 1.807) is 0 Å². The molecule has 8 heteroatoms. The molecular formula is C17H24N2O5S. The van der Waals surface area contributed by atoms with Gasteiger partial charge in [0.25, 0.3) is 5.91 Å². The predicted molar refractivity (Wildman–Crippen MR) is 92.0 cm³/mol. The topological polar surface area (TPSA) is 108 Å². The Morgan fingerprint density at radius 3 is 2.68 bits per heavy atom. The minimum Gasteiger partial charge on any atom is -0.496 e. The minimum atomic E-state index is -3.89. The van der Waals surface area contributed by atoms with Gasteiger partial charge in [-0.25, -0.2) is 13.6 Å². The second kappa shape index (κ2) is 6.93. The lowest BCUT2D eigenvalue weighted by Crippen LogP contribution is -2.37. The number of methoxy groups -OCH3 is 1. The molecular weight excluding hydrogens is 344 g/mol. The summed E-state index contributed by atoms with van der Waals surface area (Å²) < 4.78 is 34.3. The van der Waals surface area contributed by atoms with Crippen LogP contribution in [0.5, 0.6) is 5.75 Å². The first-order chi connectivity index (χ1) is 11.8. The number of nitrogens with one attached hydrogen (secondary N) is 1. The fourth-order valence-corrected chi connectivity index (χ4v) is 4.33. The average molecular weight is 368 g/mol. The zero-order chi connectivity index (χ0) is 18.1. The zero-order valence-electron chi connectivity index (χ0n) is 14.3. The van der Waals surface area contributed by atoms with E-state index in [0.29, 0.717) is 12.4 Å². The molecule has 0 aromatic heterocycles. The normalized spacial score (nSPS) is 22.7. The highest BCUT2D eigenvalue weighted by atomic mass is 32.2. The maximum atomic E-state index is 12.6. The molecule has 0 unspecified atom stereocenters. The molecule has 1 aromatic carbocycles. The van der Waals surface area contributed by atoms with E-state index in [1.807, 2.05) is 0 Å². The molecule has 3 N–H and O–H groups in total. The van der Waals surface area contributed by atoms with Crippen molar-refractivity contribution in [3.8, 4) is 5.75 Å². The van der Waals surface area contributed by atoms with Crippen molar-refractivity contribution in [1.82, 2.24) is 5.32 Å². The van der Waals surface area contributed by atoms with E-state index < -0.39 is 10.0 Å². The monoisotopic (exact) mass is 368 g/mol. The number of primary sulfonamides is 1. The van der Waals surface area contributed by atoms with Crippen LogP contribution >= 0.6 is 0 Å². The SMILES string of the molecule is COc1ccc(S(N)(=O)=O)cc1C(=O)N[C@@H]1COC2(CCCCC2)C1. The molecule has 1 aromatic rings. The second-order valence-corrected chi connectivity index (χ2v) is 8.40. The van der Waals surface area contributed by atoms with Crippen LogP contribution < -0.4 is 15.2 Å². The van der Waals surface area contributed by atoms with E-state index in [9.17, 15) is 13.2 Å². The van der Waals surface area contributed by atoms with Crippen LogP contribution in [0, 0.1) is 0 Å². The fraction of sp³-hybridized carbons (Fsp3) is 0.588. The molecule has 1 atom stereocenters. The van der Waals surface area contributed by atoms with Crippen molar-refractivity contribution in [2.45, 2.75) is 55.1 Å². The predicted octanol–water partition coefficient (Wildman–Crippen LogP) is 1.56. The lowest BCUT2D eigenvalue weighted by molar-refractivity contribution is -0.0246. The van der Waals surface area contributed by atoms with Crippen LogP contribution in [0.3, 0.4) is 0 Å². The smallest absolute Gasteiger partial charge is 0.255 e. The molecule has 138 valence electrons. The third-order valence-electron chi connectivity index (χ3n) is 5.05. The summed E-state index contributed by atoms with van der Waals surface area (Å²) in [6, 6.07) is 3.91. The summed E-state index contributed by atoms with van der Waals surface area (Å²) in [5.41, 5.74) is 0.0431. The quantitative estimate of drug-likeness (QED) is 0.839. The maximum absolute atomic E-state index is 12.6. The van der Waals surface area contributed by atoms with E-state index in [2.05, 4.69) is 5.32 Å². The first kappa shape index (κ1) is 18.2. The van der Waals surface area contributed by atoms with E-state index in [4.69, 9.17) is 14.6 Å². The number of amides is 1. The molecule has 1 saturated heterocycles. The Hall–Kier alpha value is -1.64. The molecule has 1 spiro atoms. The number of carbonyl (C=O) groups is 1. The van der Waals surface area contributed by atoms with E-state index in [1.165, 1.54) is 31.7 Å². The highest BCUT2D eigenvalue weighted by Crippen LogP contribution is 2.39. The van der Waals surface area contributed by atoms with Gasteiger partial charge in [0.2, 0.25) is 10.0 Å². The summed E-state index contributed by atoms with van der Waals surface area (Å²) in [6.45, 7) is 0.475. The molecule has 2 aliphatic rings. The molecule has 0 bridgehead atoms. The van der Waals surface area contributed by atoms with Crippen molar-refractivity contribution in [3.05, 3.63) is 23.8 Å². The van der Waals surface area contributed by atoms with Crippen LogP contribution in [0.2, 0.25) is 0 Å². The van der Waals surface area contributed by atoms with Crippen molar-refractivity contribution in [2.75, 3.05) is 13.7 Å². The molecule has 3 rings (SSSR count). The van der Waals surface area contributed by atoms with Crippen molar-refractivity contribution in [3.63, 3.8) is 0 Å². The van der Waals surface area contributed by atoms with Gasteiger partial charge in [-0.15, -0.1) is 0 Å². The summed E-state index contributed by atoms with van der Waals surface area (Å²) >= 11 is 0. The lowest BCUT2D eigenvalue weighted by atomic mass is 9.82. The number of hydrogen-bond acceptors (Lipinski definition) is 5. The fourth-order valence-electron chi connectivity index (χ4n) is 3.79. The van der Waals surface area contributed by atoms with Crippen LogP contribution in [0.25, 0.3) is 0 Å². The maximum Gasteiger partial charge on any atom is 0.255 e. The Morgan fingerprint density at radius 1 is 1.32 bits per heavy atom. The highest BCUT2D eigenvalue weighted by molar-refractivity contribution is 7.89. The number of nitrogens with two attached hydrogens (primary N) is 1.